The van der Waals surface area contributed by atoms with Gasteiger partial charge in [0.2, 0.25) is 11.8 Å². The summed E-state index contributed by atoms with van der Waals surface area (Å²) in [5.41, 5.74) is 12.0. The molecule has 0 spiro atoms. The summed E-state index contributed by atoms with van der Waals surface area (Å²) in [6.07, 6.45) is 1.18. The molecule has 0 aliphatic carbocycles. The van der Waals surface area contributed by atoms with Crippen LogP contribution in [0.1, 0.15) is 24.0 Å². The van der Waals surface area contributed by atoms with Crippen LogP contribution in [-0.4, -0.2) is 42.1 Å². The van der Waals surface area contributed by atoms with E-state index in [9.17, 15) is 19.5 Å². The highest BCUT2D eigenvalue weighted by Gasteiger charge is 2.20. The Morgan fingerprint density at radius 3 is 2.38 bits per heavy atom. The normalized spacial score (nSPS) is 11.5. The molecule has 0 aliphatic rings. The van der Waals surface area contributed by atoms with Gasteiger partial charge < -0.3 is 26.6 Å². The number of nitrogens with two attached hydrogens (primary N) is 2. The first-order valence-electron chi connectivity index (χ1n) is 10.3. The molecule has 7 N–H and O–H groups in total. The highest BCUT2D eigenvalue weighted by Crippen LogP contribution is 2.39. The number of hydrogen-bond acceptors (Lipinski definition) is 6. The van der Waals surface area contributed by atoms with Crippen LogP contribution in [0.5, 0.6) is 11.5 Å². The number of amides is 4. The summed E-state index contributed by atoms with van der Waals surface area (Å²) in [6.45, 7) is 0.603. The van der Waals surface area contributed by atoms with Crippen LogP contribution in [0, 0.1) is 0 Å². The van der Waals surface area contributed by atoms with E-state index in [1.807, 2.05) is 5.32 Å². The van der Waals surface area contributed by atoms with E-state index < -0.39 is 18.0 Å². The Morgan fingerprint density at radius 1 is 1.06 bits per heavy atom. The SMILES string of the molecule is NC(=O)NC(=O)Cc1c(Cl)c(Cl)cc(Cl)c1OCCCCNC(=O)C(N)Cc1ccc(O)cc1. The van der Waals surface area contributed by atoms with E-state index in [1.165, 1.54) is 18.2 Å². The molecular weight excluding hydrogens is 507 g/mol. The van der Waals surface area contributed by atoms with Crippen LogP contribution in [-0.2, 0) is 22.4 Å². The first-order chi connectivity index (χ1) is 16.1. The van der Waals surface area contributed by atoms with Crippen LogP contribution >= 0.6 is 34.8 Å². The van der Waals surface area contributed by atoms with Crippen LogP contribution in [0.4, 0.5) is 4.79 Å². The van der Waals surface area contributed by atoms with E-state index in [0.29, 0.717) is 25.8 Å². The molecule has 0 fully saturated rings. The summed E-state index contributed by atoms with van der Waals surface area (Å²) in [5.74, 6) is -0.656. The van der Waals surface area contributed by atoms with Crippen molar-refractivity contribution in [1.82, 2.24) is 10.6 Å². The summed E-state index contributed by atoms with van der Waals surface area (Å²) < 4.78 is 5.72. The van der Waals surface area contributed by atoms with E-state index in [2.05, 4.69) is 5.32 Å². The van der Waals surface area contributed by atoms with Gasteiger partial charge in [-0.15, -0.1) is 0 Å². The number of aromatic hydroxyl groups is 1. The third-order valence-electron chi connectivity index (χ3n) is 4.66. The number of ether oxygens (including phenoxy) is 1. The highest BCUT2D eigenvalue weighted by atomic mass is 35.5. The smallest absolute Gasteiger partial charge is 0.318 e. The lowest BCUT2D eigenvalue weighted by molar-refractivity contribution is -0.122. The molecule has 0 aromatic heterocycles. The van der Waals surface area contributed by atoms with Gasteiger partial charge in [-0.25, -0.2) is 4.79 Å². The molecule has 2 rings (SSSR count). The number of rotatable bonds is 11. The molecule has 0 saturated carbocycles. The van der Waals surface area contributed by atoms with Crippen molar-refractivity contribution in [3.05, 3.63) is 56.5 Å². The Bertz CT molecular complexity index is 1030. The zero-order valence-electron chi connectivity index (χ0n) is 18.1. The van der Waals surface area contributed by atoms with Crippen molar-refractivity contribution in [2.24, 2.45) is 11.5 Å². The second-order valence-corrected chi connectivity index (χ2v) is 8.57. The van der Waals surface area contributed by atoms with Crippen LogP contribution in [0.25, 0.3) is 0 Å². The number of urea groups is 1. The maximum absolute atomic E-state index is 12.2. The van der Waals surface area contributed by atoms with E-state index >= 15 is 0 Å². The van der Waals surface area contributed by atoms with Crippen LogP contribution in [0.3, 0.4) is 0 Å². The van der Waals surface area contributed by atoms with Gasteiger partial charge in [-0.3, -0.25) is 14.9 Å². The summed E-state index contributed by atoms with van der Waals surface area (Å²) in [5, 5.41) is 14.4. The number of carbonyl (C=O) groups is 3. The first kappa shape index (κ1) is 27.5. The summed E-state index contributed by atoms with van der Waals surface area (Å²) >= 11 is 18.5. The van der Waals surface area contributed by atoms with Crippen molar-refractivity contribution in [1.29, 1.82) is 0 Å². The van der Waals surface area contributed by atoms with E-state index in [4.69, 9.17) is 51.0 Å². The minimum atomic E-state index is -0.999. The predicted octanol–water partition coefficient (Wildman–Crippen LogP) is 2.94. The fourth-order valence-electron chi connectivity index (χ4n) is 3.01. The Morgan fingerprint density at radius 2 is 1.74 bits per heavy atom. The van der Waals surface area contributed by atoms with Crippen LogP contribution < -0.4 is 26.8 Å². The minimum Gasteiger partial charge on any atom is -0.508 e. The maximum atomic E-state index is 12.2. The van der Waals surface area contributed by atoms with Crippen molar-refractivity contribution in [3.63, 3.8) is 0 Å². The monoisotopic (exact) mass is 530 g/mol. The third-order valence-corrected chi connectivity index (χ3v) is 5.77. The summed E-state index contributed by atoms with van der Waals surface area (Å²) in [7, 11) is 0. The maximum Gasteiger partial charge on any atom is 0.318 e. The zero-order valence-corrected chi connectivity index (χ0v) is 20.3. The van der Waals surface area contributed by atoms with Gasteiger partial charge in [0.05, 0.1) is 34.1 Å². The average Bonchev–Trinajstić information content (AvgIpc) is 2.76. The number of carbonyl (C=O) groups excluding carboxylic acids is 3. The highest BCUT2D eigenvalue weighted by molar-refractivity contribution is 6.44. The quantitative estimate of drug-likeness (QED) is 0.222. The van der Waals surface area contributed by atoms with Gasteiger partial charge in [-0.2, -0.15) is 0 Å². The number of imide groups is 1. The molecule has 2 aromatic rings. The van der Waals surface area contributed by atoms with Gasteiger partial charge in [0, 0.05) is 12.1 Å². The molecule has 12 heteroatoms. The number of nitrogens with one attached hydrogen (secondary N) is 2. The molecule has 34 heavy (non-hydrogen) atoms. The molecule has 0 heterocycles. The molecule has 4 amide bonds. The van der Waals surface area contributed by atoms with Crippen molar-refractivity contribution >= 4 is 52.6 Å². The van der Waals surface area contributed by atoms with Gasteiger partial charge in [-0.05, 0) is 43.0 Å². The second-order valence-electron chi connectivity index (χ2n) is 7.37. The van der Waals surface area contributed by atoms with Crippen LogP contribution in [0.15, 0.2) is 30.3 Å². The Balaban J connectivity index is 1.82. The van der Waals surface area contributed by atoms with E-state index in [0.717, 1.165) is 5.56 Å². The third kappa shape index (κ3) is 8.57. The van der Waals surface area contributed by atoms with Crippen LogP contribution in [0.2, 0.25) is 15.1 Å². The standard InChI is InChI=1S/C22H25Cl3N4O5/c23-15-11-16(24)20(14(19(15)25)10-18(31)29-22(27)33)34-8-2-1-7-28-21(32)17(26)9-12-3-5-13(30)6-4-12/h3-6,11,17,30H,1-2,7-10,26H2,(H,28,32)(H3,27,29,31,33). The number of phenols is 1. The fourth-order valence-corrected chi connectivity index (χ4v) is 3.77. The fraction of sp³-hybridized carbons (Fsp3) is 0.318. The molecule has 0 bridgehead atoms. The molecule has 184 valence electrons. The van der Waals surface area contributed by atoms with Gasteiger partial charge >= 0.3 is 6.03 Å². The van der Waals surface area contributed by atoms with Gasteiger partial charge in [0.15, 0.2) is 0 Å². The average molecular weight is 532 g/mol. The molecule has 9 nitrogen and oxygen atoms in total. The molecule has 0 aliphatic heterocycles. The number of primary amides is 1. The second kappa shape index (κ2) is 13.2. The number of phenolic OH excluding ortho intramolecular Hbond substituents is 1. The van der Waals surface area contributed by atoms with Gasteiger partial charge in [-0.1, -0.05) is 46.9 Å². The lowest BCUT2D eigenvalue weighted by atomic mass is 10.1. The van der Waals surface area contributed by atoms with E-state index in [1.54, 1.807) is 12.1 Å². The molecule has 1 unspecified atom stereocenters. The molecular formula is C22H25Cl3N4O5. The van der Waals surface area contributed by atoms with Crippen molar-refractivity contribution in [3.8, 4) is 11.5 Å². The minimum absolute atomic E-state index is 0.0792. The number of halogens is 3. The van der Waals surface area contributed by atoms with Crippen molar-refractivity contribution < 1.29 is 24.2 Å². The summed E-state index contributed by atoms with van der Waals surface area (Å²) in [4.78, 5) is 35.0. The number of hydrogen-bond donors (Lipinski definition) is 5. The van der Waals surface area contributed by atoms with Gasteiger partial charge in [0.25, 0.3) is 0 Å². The number of benzene rings is 2. The lowest BCUT2D eigenvalue weighted by Gasteiger charge is -2.16. The van der Waals surface area contributed by atoms with Crippen molar-refractivity contribution in [2.75, 3.05) is 13.2 Å². The Labute approximate surface area is 211 Å². The topological polar surface area (TPSA) is 157 Å². The van der Waals surface area contributed by atoms with Crippen molar-refractivity contribution in [2.45, 2.75) is 31.7 Å². The number of unbranched alkanes of at least 4 members (excludes halogenated alkanes) is 1. The first-order valence-corrected chi connectivity index (χ1v) is 11.4. The predicted molar refractivity (Wildman–Crippen MR) is 130 cm³/mol. The molecule has 2 aromatic carbocycles. The lowest BCUT2D eigenvalue weighted by Crippen LogP contribution is -2.42. The molecule has 0 saturated heterocycles. The van der Waals surface area contributed by atoms with E-state index in [-0.39, 0.29) is 51.1 Å². The molecule has 0 radical (unpaired) electrons. The zero-order chi connectivity index (χ0) is 25.3. The Hall–Kier alpha value is -2.72. The molecule has 1 atom stereocenters. The van der Waals surface area contributed by atoms with Gasteiger partial charge in [0.1, 0.15) is 11.5 Å². The Kier molecular flexibility index (Phi) is 10.7. The summed E-state index contributed by atoms with van der Waals surface area (Å²) in [6, 6.07) is 6.17. The largest absolute Gasteiger partial charge is 0.508 e.